The van der Waals surface area contributed by atoms with Crippen molar-refractivity contribution in [2.75, 3.05) is 18.0 Å². The lowest BCUT2D eigenvalue weighted by Gasteiger charge is -2.33. The first-order chi connectivity index (χ1) is 7.70. The molecular weight excluding hydrogens is 222 g/mol. The van der Waals surface area contributed by atoms with Crippen LogP contribution in [-0.4, -0.2) is 23.1 Å². The Hall–Kier alpha value is -0.830. The van der Waals surface area contributed by atoms with Crippen LogP contribution >= 0.6 is 11.6 Å². The van der Waals surface area contributed by atoms with Crippen molar-refractivity contribution >= 4 is 17.4 Å². The molecule has 1 saturated heterocycles. The summed E-state index contributed by atoms with van der Waals surface area (Å²) in [6.45, 7) is 6.49. The molecule has 0 aromatic carbocycles. The molecule has 0 saturated carbocycles. The average molecular weight is 240 g/mol. The first kappa shape index (κ1) is 11.6. The zero-order valence-electron chi connectivity index (χ0n) is 9.91. The summed E-state index contributed by atoms with van der Waals surface area (Å²) in [7, 11) is 0. The van der Waals surface area contributed by atoms with Crippen molar-refractivity contribution in [2.24, 2.45) is 5.92 Å². The quantitative estimate of drug-likeness (QED) is 0.743. The van der Waals surface area contributed by atoms with E-state index in [1.807, 2.05) is 6.92 Å². The van der Waals surface area contributed by atoms with Crippen molar-refractivity contribution in [2.45, 2.75) is 33.1 Å². The highest BCUT2D eigenvalue weighted by Crippen LogP contribution is 2.26. The molecule has 2 rings (SSSR count). The van der Waals surface area contributed by atoms with E-state index in [1.54, 1.807) is 6.20 Å². The summed E-state index contributed by atoms with van der Waals surface area (Å²) in [6, 6.07) is 0. The van der Waals surface area contributed by atoms with Gasteiger partial charge in [-0.25, -0.2) is 9.97 Å². The Balaban J connectivity index is 2.10. The Morgan fingerprint density at radius 3 is 2.75 bits per heavy atom. The smallest absolute Gasteiger partial charge is 0.224 e. The third-order valence-corrected chi connectivity index (χ3v) is 3.59. The van der Waals surface area contributed by atoms with Gasteiger partial charge in [0.05, 0.1) is 0 Å². The number of piperidine rings is 1. The second kappa shape index (κ2) is 5.00. The molecule has 16 heavy (non-hydrogen) atoms. The van der Waals surface area contributed by atoms with Crippen LogP contribution in [0, 0.1) is 12.8 Å². The Morgan fingerprint density at radius 1 is 1.44 bits per heavy atom. The van der Waals surface area contributed by atoms with Crippen molar-refractivity contribution < 1.29 is 0 Å². The fraction of sp³-hybridized carbons (Fsp3) is 0.667. The summed E-state index contributed by atoms with van der Waals surface area (Å²) in [6.07, 6.45) is 5.61. The summed E-state index contributed by atoms with van der Waals surface area (Å²) in [5.74, 6) is 1.89. The number of aromatic nitrogens is 2. The normalized spacial score (nSPS) is 17.8. The summed E-state index contributed by atoms with van der Waals surface area (Å²) in [5, 5.41) is 0.346. The van der Waals surface area contributed by atoms with Gasteiger partial charge in [-0.15, -0.1) is 0 Å². The number of aryl methyl sites for hydroxylation is 1. The van der Waals surface area contributed by atoms with Crippen LogP contribution in [0.4, 0.5) is 5.82 Å². The molecule has 0 radical (unpaired) electrons. The topological polar surface area (TPSA) is 29.0 Å². The third kappa shape index (κ3) is 2.46. The lowest BCUT2D eigenvalue weighted by atomic mass is 9.94. The first-order valence-electron chi connectivity index (χ1n) is 5.94. The van der Waals surface area contributed by atoms with Gasteiger partial charge < -0.3 is 4.90 Å². The van der Waals surface area contributed by atoms with Crippen molar-refractivity contribution in [1.82, 2.24) is 9.97 Å². The maximum atomic E-state index is 5.84. The summed E-state index contributed by atoms with van der Waals surface area (Å²) in [5.41, 5.74) is 1.11. The third-order valence-electron chi connectivity index (χ3n) is 3.41. The van der Waals surface area contributed by atoms with Crippen LogP contribution in [-0.2, 0) is 0 Å². The Bertz CT molecular complexity index is 359. The van der Waals surface area contributed by atoms with E-state index in [-0.39, 0.29) is 0 Å². The fourth-order valence-electron chi connectivity index (χ4n) is 2.29. The maximum absolute atomic E-state index is 5.84. The number of nitrogens with zero attached hydrogens (tertiary/aromatic N) is 3. The minimum absolute atomic E-state index is 0.346. The number of hydrogen-bond acceptors (Lipinski definition) is 3. The molecule has 3 nitrogen and oxygen atoms in total. The molecule has 0 atom stereocenters. The lowest BCUT2D eigenvalue weighted by molar-refractivity contribution is 0.393. The van der Waals surface area contributed by atoms with Crippen LogP contribution in [0.15, 0.2) is 6.20 Å². The van der Waals surface area contributed by atoms with E-state index < -0.39 is 0 Å². The standard InChI is InChI=1S/C12H18ClN3/c1-3-10-4-6-16(7-5-10)11-9(2)8-14-12(13)15-11/h8,10H,3-7H2,1-2H3. The monoisotopic (exact) mass is 239 g/mol. The summed E-state index contributed by atoms with van der Waals surface area (Å²) < 4.78 is 0. The van der Waals surface area contributed by atoms with Gasteiger partial charge in [0.2, 0.25) is 5.28 Å². The van der Waals surface area contributed by atoms with Crippen LogP contribution in [0.3, 0.4) is 0 Å². The van der Waals surface area contributed by atoms with Crippen molar-refractivity contribution in [3.05, 3.63) is 17.0 Å². The van der Waals surface area contributed by atoms with Crippen molar-refractivity contribution in [1.29, 1.82) is 0 Å². The molecule has 0 amide bonds. The lowest BCUT2D eigenvalue weighted by Crippen LogP contribution is -2.34. The van der Waals surface area contributed by atoms with E-state index in [4.69, 9.17) is 11.6 Å². The zero-order chi connectivity index (χ0) is 11.5. The van der Waals surface area contributed by atoms with Crippen LogP contribution in [0.5, 0.6) is 0 Å². The minimum Gasteiger partial charge on any atom is -0.356 e. The molecule has 1 aliphatic rings. The van der Waals surface area contributed by atoms with Gasteiger partial charge in [-0.05, 0) is 37.3 Å². The number of hydrogen-bond donors (Lipinski definition) is 0. The molecule has 88 valence electrons. The van der Waals surface area contributed by atoms with Gasteiger partial charge in [-0.3, -0.25) is 0 Å². The minimum atomic E-state index is 0.346. The van der Waals surface area contributed by atoms with Gasteiger partial charge in [0.15, 0.2) is 0 Å². The van der Waals surface area contributed by atoms with Crippen LogP contribution in [0.25, 0.3) is 0 Å². The highest BCUT2D eigenvalue weighted by Gasteiger charge is 2.20. The largest absolute Gasteiger partial charge is 0.356 e. The zero-order valence-corrected chi connectivity index (χ0v) is 10.7. The Labute approximate surface area is 102 Å². The SMILES string of the molecule is CCC1CCN(c2nc(Cl)ncc2C)CC1. The van der Waals surface area contributed by atoms with Gasteiger partial charge >= 0.3 is 0 Å². The molecule has 0 aliphatic carbocycles. The van der Waals surface area contributed by atoms with Gasteiger partial charge in [0.25, 0.3) is 0 Å². The van der Waals surface area contributed by atoms with E-state index in [2.05, 4.69) is 21.8 Å². The second-order valence-electron chi connectivity index (χ2n) is 4.48. The molecular formula is C12H18ClN3. The molecule has 1 fully saturated rings. The highest BCUT2D eigenvalue weighted by atomic mass is 35.5. The number of rotatable bonds is 2. The van der Waals surface area contributed by atoms with Crippen LogP contribution < -0.4 is 4.90 Å². The highest BCUT2D eigenvalue weighted by molar-refractivity contribution is 6.28. The molecule has 0 unspecified atom stereocenters. The Kier molecular flexibility index (Phi) is 3.64. The van der Waals surface area contributed by atoms with Gasteiger partial charge in [-0.1, -0.05) is 13.3 Å². The second-order valence-corrected chi connectivity index (χ2v) is 4.82. The van der Waals surface area contributed by atoms with Crippen molar-refractivity contribution in [3.63, 3.8) is 0 Å². The molecule has 1 aromatic heterocycles. The van der Waals surface area contributed by atoms with E-state index in [1.165, 1.54) is 19.3 Å². The maximum Gasteiger partial charge on any atom is 0.224 e. The molecule has 1 aromatic rings. The number of halogens is 1. The van der Waals surface area contributed by atoms with E-state index in [0.29, 0.717) is 5.28 Å². The summed E-state index contributed by atoms with van der Waals surface area (Å²) >= 11 is 5.84. The van der Waals surface area contributed by atoms with E-state index in [0.717, 1.165) is 30.4 Å². The number of anilines is 1. The average Bonchev–Trinajstić information content (AvgIpc) is 2.32. The first-order valence-corrected chi connectivity index (χ1v) is 6.32. The van der Waals surface area contributed by atoms with Crippen molar-refractivity contribution in [3.8, 4) is 0 Å². The van der Waals surface area contributed by atoms with Gasteiger partial charge in [-0.2, -0.15) is 0 Å². The molecule has 4 heteroatoms. The summed E-state index contributed by atoms with van der Waals surface area (Å²) in [4.78, 5) is 10.6. The van der Waals surface area contributed by atoms with Crippen LogP contribution in [0.2, 0.25) is 5.28 Å². The van der Waals surface area contributed by atoms with E-state index >= 15 is 0 Å². The van der Waals surface area contributed by atoms with Crippen LogP contribution in [0.1, 0.15) is 31.7 Å². The molecule has 0 N–H and O–H groups in total. The Morgan fingerprint density at radius 2 is 2.12 bits per heavy atom. The van der Waals surface area contributed by atoms with Gasteiger partial charge in [0, 0.05) is 24.8 Å². The van der Waals surface area contributed by atoms with Gasteiger partial charge in [0.1, 0.15) is 5.82 Å². The fourth-order valence-corrected chi connectivity index (χ4v) is 2.41. The predicted octanol–water partition coefficient (Wildman–Crippen LogP) is 3.06. The van der Waals surface area contributed by atoms with E-state index in [9.17, 15) is 0 Å². The molecule has 0 bridgehead atoms. The molecule has 1 aliphatic heterocycles. The predicted molar refractivity (Wildman–Crippen MR) is 67.0 cm³/mol. The molecule has 2 heterocycles. The molecule has 0 spiro atoms.